The highest BCUT2D eigenvalue weighted by Gasteiger charge is 2.12. The molecule has 2 aromatic carbocycles. The maximum Gasteiger partial charge on any atom is 0.251 e. The third-order valence-corrected chi connectivity index (χ3v) is 5.17. The molecule has 0 saturated heterocycles. The lowest BCUT2D eigenvalue weighted by Crippen LogP contribution is -2.27. The van der Waals surface area contributed by atoms with Crippen molar-refractivity contribution in [1.29, 1.82) is 0 Å². The molecule has 30 heavy (non-hydrogen) atoms. The number of fused-ring (bicyclic) bond motifs is 1. The standard InChI is InChI=1S/C24H27N5O/c1-27(2)17-18-29-22-8-4-3-7-21(22)26-23(29)13-14-25-24(30)19-9-11-20(12-10-19)28-15-5-6-16-28/h3-12,15-16H,13-14,17-18H2,1-2H3,(H,25,30). The summed E-state index contributed by atoms with van der Waals surface area (Å²) in [5.41, 5.74) is 3.83. The summed E-state index contributed by atoms with van der Waals surface area (Å²) in [6, 6.07) is 19.8. The van der Waals surface area contributed by atoms with Gasteiger partial charge in [-0.15, -0.1) is 0 Å². The second-order valence-electron chi connectivity index (χ2n) is 7.61. The highest BCUT2D eigenvalue weighted by molar-refractivity contribution is 5.94. The van der Waals surface area contributed by atoms with E-state index in [1.165, 1.54) is 0 Å². The predicted molar refractivity (Wildman–Crippen MR) is 120 cm³/mol. The van der Waals surface area contributed by atoms with Crippen LogP contribution in [0.4, 0.5) is 0 Å². The molecule has 0 spiro atoms. The number of likely N-dealkylation sites (N-methyl/N-ethyl adjacent to an activating group) is 1. The summed E-state index contributed by atoms with van der Waals surface area (Å²) in [6.07, 6.45) is 4.66. The van der Waals surface area contributed by atoms with Gasteiger partial charge in [-0.3, -0.25) is 4.79 Å². The number of carbonyl (C=O) groups is 1. The van der Waals surface area contributed by atoms with Crippen LogP contribution in [0.3, 0.4) is 0 Å². The smallest absolute Gasteiger partial charge is 0.251 e. The zero-order valence-corrected chi connectivity index (χ0v) is 17.5. The molecule has 0 fully saturated rings. The Hall–Kier alpha value is -3.38. The summed E-state index contributed by atoms with van der Waals surface area (Å²) in [4.78, 5) is 19.5. The molecular formula is C24H27N5O. The number of amides is 1. The Morgan fingerprint density at radius 2 is 1.73 bits per heavy atom. The molecule has 6 nitrogen and oxygen atoms in total. The highest BCUT2D eigenvalue weighted by Crippen LogP contribution is 2.16. The van der Waals surface area contributed by atoms with Crippen LogP contribution in [0.5, 0.6) is 0 Å². The molecule has 0 aliphatic carbocycles. The van der Waals surface area contributed by atoms with Crippen molar-refractivity contribution < 1.29 is 4.79 Å². The third-order valence-electron chi connectivity index (χ3n) is 5.17. The van der Waals surface area contributed by atoms with Crippen LogP contribution in [-0.2, 0) is 13.0 Å². The van der Waals surface area contributed by atoms with E-state index in [4.69, 9.17) is 4.98 Å². The molecule has 1 amide bonds. The Labute approximate surface area is 176 Å². The van der Waals surface area contributed by atoms with Crippen LogP contribution in [0.2, 0.25) is 0 Å². The maximum atomic E-state index is 12.6. The number of nitrogens with zero attached hydrogens (tertiary/aromatic N) is 4. The molecule has 0 bridgehead atoms. The number of nitrogens with one attached hydrogen (secondary N) is 1. The number of carbonyl (C=O) groups excluding carboxylic acids is 1. The van der Waals surface area contributed by atoms with Gasteiger partial charge in [0.2, 0.25) is 0 Å². The van der Waals surface area contributed by atoms with Crippen molar-refractivity contribution in [1.82, 2.24) is 24.3 Å². The van der Waals surface area contributed by atoms with E-state index < -0.39 is 0 Å². The first-order valence-electron chi connectivity index (χ1n) is 10.2. The minimum absolute atomic E-state index is 0.0648. The van der Waals surface area contributed by atoms with E-state index in [9.17, 15) is 4.79 Å². The topological polar surface area (TPSA) is 55.1 Å². The summed E-state index contributed by atoms with van der Waals surface area (Å²) < 4.78 is 4.27. The summed E-state index contributed by atoms with van der Waals surface area (Å²) in [5, 5.41) is 3.03. The normalized spacial score (nSPS) is 11.3. The van der Waals surface area contributed by atoms with Crippen molar-refractivity contribution in [3.63, 3.8) is 0 Å². The van der Waals surface area contributed by atoms with Crippen LogP contribution >= 0.6 is 0 Å². The Bertz CT molecular complexity index is 1110. The van der Waals surface area contributed by atoms with Gasteiger partial charge in [0.1, 0.15) is 5.82 Å². The molecule has 1 N–H and O–H groups in total. The first-order valence-corrected chi connectivity index (χ1v) is 10.2. The molecule has 2 aromatic heterocycles. The van der Waals surface area contributed by atoms with Gasteiger partial charge in [-0.1, -0.05) is 12.1 Å². The minimum Gasteiger partial charge on any atom is -0.352 e. The number of aromatic nitrogens is 3. The van der Waals surface area contributed by atoms with Gasteiger partial charge < -0.3 is 19.4 Å². The minimum atomic E-state index is -0.0648. The van der Waals surface area contributed by atoms with Crippen LogP contribution in [0.15, 0.2) is 73.1 Å². The van der Waals surface area contributed by atoms with Crippen molar-refractivity contribution in [2.45, 2.75) is 13.0 Å². The molecule has 0 aliphatic heterocycles. The molecule has 6 heteroatoms. The van der Waals surface area contributed by atoms with Gasteiger partial charge in [0.05, 0.1) is 11.0 Å². The van der Waals surface area contributed by atoms with Crippen LogP contribution in [0.25, 0.3) is 16.7 Å². The number of benzene rings is 2. The molecule has 4 rings (SSSR count). The van der Waals surface area contributed by atoms with E-state index >= 15 is 0 Å². The Balaban J connectivity index is 1.40. The number of hydrogen-bond acceptors (Lipinski definition) is 3. The van der Waals surface area contributed by atoms with Crippen molar-refractivity contribution in [2.75, 3.05) is 27.2 Å². The number of hydrogen-bond donors (Lipinski definition) is 1. The first-order chi connectivity index (χ1) is 14.6. The predicted octanol–water partition coefficient (Wildman–Crippen LogP) is 3.36. The fourth-order valence-electron chi connectivity index (χ4n) is 3.55. The van der Waals surface area contributed by atoms with Crippen molar-refractivity contribution in [3.8, 4) is 5.69 Å². The summed E-state index contributed by atoms with van der Waals surface area (Å²) in [7, 11) is 4.14. The van der Waals surface area contributed by atoms with Gasteiger partial charge in [0, 0.05) is 49.7 Å². The van der Waals surface area contributed by atoms with E-state index in [2.05, 4.69) is 34.9 Å². The average molecular weight is 402 g/mol. The summed E-state index contributed by atoms with van der Waals surface area (Å²) in [6.45, 7) is 2.36. The third kappa shape index (κ3) is 4.44. The van der Waals surface area contributed by atoms with Gasteiger partial charge in [-0.2, -0.15) is 0 Å². The molecule has 2 heterocycles. The van der Waals surface area contributed by atoms with Gasteiger partial charge >= 0.3 is 0 Å². The molecular weight excluding hydrogens is 374 g/mol. The van der Waals surface area contributed by atoms with Crippen molar-refractivity contribution >= 4 is 16.9 Å². The lowest BCUT2D eigenvalue weighted by Gasteiger charge is -2.13. The molecule has 0 aliphatic rings. The van der Waals surface area contributed by atoms with Gasteiger partial charge in [0.25, 0.3) is 5.91 Å². The van der Waals surface area contributed by atoms with E-state index in [-0.39, 0.29) is 5.91 Å². The van der Waals surface area contributed by atoms with Crippen LogP contribution in [-0.4, -0.2) is 52.1 Å². The number of para-hydroxylation sites is 2. The molecule has 0 atom stereocenters. The van der Waals surface area contributed by atoms with Gasteiger partial charge in [0.15, 0.2) is 0 Å². The van der Waals surface area contributed by atoms with Gasteiger partial charge in [-0.05, 0) is 62.6 Å². The quantitative estimate of drug-likeness (QED) is 0.493. The highest BCUT2D eigenvalue weighted by atomic mass is 16.1. The zero-order valence-electron chi connectivity index (χ0n) is 17.5. The second kappa shape index (κ2) is 8.97. The fraction of sp³-hybridized carbons (Fsp3) is 0.250. The van der Waals surface area contributed by atoms with Crippen LogP contribution in [0.1, 0.15) is 16.2 Å². The average Bonchev–Trinajstić information content (AvgIpc) is 3.40. The SMILES string of the molecule is CN(C)CCn1c(CCNC(=O)c2ccc(-n3cccc3)cc2)nc2ccccc21. The van der Waals surface area contributed by atoms with Crippen molar-refractivity contribution in [2.24, 2.45) is 0 Å². The number of imidazole rings is 1. The zero-order chi connectivity index (χ0) is 20.9. The van der Waals surface area contributed by atoms with Crippen molar-refractivity contribution in [3.05, 3.63) is 84.4 Å². The molecule has 0 radical (unpaired) electrons. The Kier molecular flexibility index (Phi) is 5.95. The molecule has 154 valence electrons. The first kappa shape index (κ1) is 19.9. The Morgan fingerprint density at radius 3 is 2.47 bits per heavy atom. The molecule has 0 saturated carbocycles. The molecule has 4 aromatic rings. The lowest BCUT2D eigenvalue weighted by atomic mass is 10.2. The largest absolute Gasteiger partial charge is 0.352 e. The number of rotatable bonds is 8. The lowest BCUT2D eigenvalue weighted by molar-refractivity contribution is 0.0954. The fourth-order valence-corrected chi connectivity index (χ4v) is 3.55. The van der Waals surface area contributed by atoms with E-state index in [0.717, 1.165) is 35.6 Å². The summed E-state index contributed by atoms with van der Waals surface area (Å²) >= 11 is 0. The molecule has 0 unspecified atom stereocenters. The van der Waals surface area contributed by atoms with E-state index in [1.807, 2.05) is 71.6 Å². The van der Waals surface area contributed by atoms with E-state index in [0.29, 0.717) is 18.5 Å². The maximum absolute atomic E-state index is 12.6. The summed E-state index contributed by atoms with van der Waals surface area (Å²) in [5.74, 6) is 0.936. The Morgan fingerprint density at radius 1 is 1.00 bits per heavy atom. The van der Waals surface area contributed by atoms with Gasteiger partial charge in [-0.25, -0.2) is 4.98 Å². The van der Waals surface area contributed by atoms with Crippen LogP contribution < -0.4 is 5.32 Å². The van der Waals surface area contributed by atoms with Crippen LogP contribution in [0, 0.1) is 0 Å². The van der Waals surface area contributed by atoms with E-state index in [1.54, 1.807) is 0 Å². The monoisotopic (exact) mass is 401 g/mol. The second-order valence-corrected chi connectivity index (χ2v) is 7.61.